The summed E-state index contributed by atoms with van der Waals surface area (Å²) in [7, 11) is 0. The summed E-state index contributed by atoms with van der Waals surface area (Å²) in [5.74, 6) is 0.615. The number of benzene rings is 2. The van der Waals surface area contributed by atoms with Gasteiger partial charge in [-0.2, -0.15) is 0 Å². The first-order valence-electron chi connectivity index (χ1n) is 7.72. The molecular formula is C20H19NO2. The number of carbonyl (C=O) groups is 1. The molecule has 0 radical (unpaired) electrons. The van der Waals surface area contributed by atoms with Crippen LogP contribution in [0.25, 0.3) is 6.08 Å². The second-order valence-electron chi connectivity index (χ2n) is 5.42. The number of nitrogens with one attached hydrogen (secondary N) is 1. The van der Waals surface area contributed by atoms with E-state index in [1.165, 1.54) is 5.56 Å². The van der Waals surface area contributed by atoms with E-state index >= 15 is 0 Å². The highest BCUT2D eigenvalue weighted by molar-refractivity contribution is 5.91. The van der Waals surface area contributed by atoms with Gasteiger partial charge in [-0.05, 0) is 23.6 Å². The first kappa shape index (κ1) is 15.1. The zero-order valence-electron chi connectivity index (χ0n) is 12.8. The van der Waals surface area contributed by atoms with Crippen molar-refractivity contribution < 1.29 is 9.53 Å². The fraction of sp³-hybridized carbons (Fsp3) is 0.150. The zero-order chi connectivity index (χ0) is 15.9. The number of amides is 1. The molecule has 1 N–H and O–H groups in total. The van der Waals surface area contributed by atoms with E-state index in [4.69, 9.17) is 4.74 Å². The quantitative estimate of drug-likeness (QED) is 0.889. The van der Waals surface area contributed by atoms with Crippen molar-refractivity contribution in [3.63, 3.8) is 0 Å². The van der Waals surface area contributed by atoms with E-state index in [0.717, 1.165) is 12.0 Å². The smallest absolute Gasteiger partial charge is 0.248 e. The number of hydrogen-bond acceptors (Lipinski definition) is 2. The summed E-state index contributed by atoms with van der Waals surface area (Å²) in [6.07, 6.45) is 6.25. The van der Waals surface area contributed by atoms with Crippen LogP contribution in [0.4, 0.5) is 0 Å². The van der Waals surface area contributed by atoms with Gasteiger partial charge >= 0.3 is 0 Å². The van der Waals surface area contributed by atoms with Crippen molar-refractivity contribution in [1.82, 2.24) is 5.32 Å². The Bertz CT molecular complexity index is 705. The molecule has 2 aromatic rings. The van der Waals surface area contributed by atoms with Crippen LogP contribution >= 0.6 is 0 Å². The highest BCUT2D eigenvalue weighted by Crippen LogP contribution is 2.16. The van der Waals surface area contributed by atoms with Gasteiger partial charge in [-0.3, -0.25) is 4.79 Å². The maximum Gasteiger partial charge on any atom is 0.248 e. The minimum atomic E-state index is -0.0898. The Hall–Kier alpha value is -2.81. The van der Waals surface area contributed by atoms with Crippen LogP contribution < -0.4 is 5.32 Å². The van der Waals surface area contributed by atoms with Crippen LogP contribution in [0.1, 0.15) is 11.1 Å². The van der Waals surface area contributed by atoms with Crippen molar-refractivity contribution >= 4 is 12.0 Å². The molecule has 1 heterocycles. The van der Waals surface area contributed by atoms with Gasteiger partial charge in [0.15, 0.2) is 0 Å². The van der Waals surface area contributed by atoms with E-state index in [1.807, 2.05) is 60.7 Å². The highest BCUT2D eigenvalue weighted by Gasteiger charge is 2.25. The molecule has 3 rings (SSSR count). The maximum absolute atomic E-state index is 11.6. The third-order valence-electron chi connectivity index (χ3n) is 3.67. The van der Waals surface area contributed by atoms with Gasteiger partial charge in [0.05, 0.1) is 6.04 Å². The molecule has 0 saturated heterocycles. The molecule has 0 aliphatic carbocycles. The van der Waals surface area contributed by atoms with Crippen molar-refractivity contribution in [3.8, 4) is 0 Å². The van der Waals surface area contributed by atoms with Gasteiger partial charge in [0.2, 0.25) is 5.91 Å². The summed E-state index contributed by atoms with van der Waals surface area (Å²) in [5.41, 5.74) is 2.31. The summed E-state index contributed by atoms with van der Waals surface area (Å²) in [6.45, 7) is 0.445. The molecule has 116 valence electrons. The van der Waals surface area contributed by atoms with E-state index in [-0.39, 0.29) is 11.9 Å². The molecule has 1 atom stereocenters. The predicted molar refractivity (Wildman–Crippen MR) is 91.6 cm³/mol. The molecule has 23 heavy (non-hydrogen) atoms. The van der Waals surface area contributed by atoms with Crippen LogP contribution in [-0.2, 0) is 16.0 Å². The minimum absolute atomic E-state index is 0.0879. The molecule has 3 heteroatoms. The molecule has 1 aliphatic heterocycles. The van der Waals surface area contributed by atoms with Crippen LogP contribution in [0.15, 0.2) is 78.6 Å². The lowest BCUT2D eigenvalue weighted by Gasteiger charge is -2.15. The lowest BCUT2D eigenvalue weighted by atomic mass is 10.1. The normalized spacial score (nSPS) is 17.1. The molecule has 3 nitrogen and oxygen atoms in total. The van der Waals surface area contributed by atoms with E-state index < -0.39 is 0 Å². The summed E-state index contributed by atoms with van der Waals surface area (Å²) >= 11 is 0. The fourth-order valence-corrected chi connectivity index (χ4v) is 2.55. The standard InChI is InChI=1S/C20H19NO2/c22-20-15-19(18(21-20)14-17-10-5-2-6-11-17)23-13-7-12-16-8-3-1-4-9-16/h1-12,15,18H,13-14H2,(H,21,22)/b12-7+. The average molecular weight is 305 g/mol. The van der Waals surface area contributed by atoms with E-state index in [9.17, 15) is 4.79 Å². The van der Waals surface area contributed by atoms with Crippen molar-refractivity contribution in [2.45, 2.75) is 12.5 Å². The molecular weight excluding hydrogens is 286 g/mol. The van der Waals surface area contributed by atoms with Gasteiger partial charge in [-0.15, -0.1) is 0 Å². The first-order chi connectivity index (χ1) is 11.3. The van der Waals surface area contributed by atoms with Crippen molar-refractivity contribution in [2.75, 3.05) is 6.61 Å². The molecule has 0 fully saturated rings. The van der Waals surface area contributed by atoms with Crippen molar-refractivity contribution in [1.29, 1.82) is 0 Å². The molecule has 0 aromatic heterocycles. The Labute approximate surface area is 136 Å². The maximum atomic E-state index is 11.6. The van der Waals surface area contributed by atoms with Gasteiger partial charge in [-0.1, -0.05) is 66.7 Å². The predicted octanol–water partition coefficient (Wildman–Crippen LogP) is 3.34. The number of rotatable bonds is 6. The number of hydrogen-bond donors (Lipinski definition) is 1. The van der Waals surface area contributed by atoms with Gasteiger partial charge in [0.25, 0.3) is 0 Å². The zero-order valence-corrected chi connectivity index (χ0v) is 12.8. The van der Waals surface area contributed by atoms with Gasteiger partial charge in [-0.25, -0.2) is 0 Å². The Balaban J connectivity index is 1.56. The third kappa shape index (κ3) is 4.33. The number of ether oxygens (including phenoxy) is 1. The molecule has 2 aromatic carbocycles. The second kappa shape index (κ2) is 7.45. The van der Waals surface area contributed by atoms with Gasteiger partial charge < -0.3 is 10.1 Å². The molecule has 0 bridgehead atoms. The average Bonchev–Trinajstić information content (AvgIpc) is 2.93. The monoisotopic (exact) mass is 305 g/mol. The van der Waals surface area contributed by atoms with Crippen LogP contribution in [0, 0.1) is 0 Å². The Kier molecular flexibility index (Phi) is 4.89. The number of carbonyl (C=O) groups excluding carboxylic acids is 1. The van der Waals surface area contributed by atoms with Gasteiger partial charge in [0, 0.05) is 6.08 Å². The van der Waals surface area contributed by atoms with Crippen molar-refractivity contribution in [2.24, 2.45) is 0 Å². The van der Waals surface area contributed by atoms with Crippen LogP contribution in [0.5, 0.6) is 0 Å². The summed E-state index contributed by atoms with van der Waals surface area (Å²) in [5, 5.41) is 2.93. The second-order valence-corrected chi connectivity index (χ2v) is 5.42. The molecule has 0 spiro atoms. The SMILES string of the molecule is O=C1C=C(OC/C=C/c2ccccc2)C(Cc2ccccc2)N1. The first-order valence-corrected chi connectivity index (χ1v) is 7.72. The van der Waals surface area contributed by atoms with E-state index in [1.54, 1.807) is 6.08 Å². The van der Waals surface area contributed by atoms with Crippen LogP contribution in [0.3, 0.4) is 0 Å². The highest BCUT2D eigenvalue weighted by atomic mass is 16.5. The van der Waals surface area contributed by atoms with Gasteiger partial charge in [0.1, 0.15) is 12.4 Å². The Morgan fingerprint density at radius 1 is 1.00 bits per heavy atom. The summed E-state index contributed by atoms with van der Waals surface area (Å²) in [4.78, 5) is 11.6. The van der Waals surface area contributed by atoms with Crippen molar-refractivity contribution in [3.05, 3.63) is 89.7 Å². The van der Waals surface area contributed by atoms with Crippen LogP contribution in [-0.4, -0.2) is 18.6 Å². The Morgan fingerprint density at radius 3 is 2.43 bits per heavy atom. The Morgan fingerprint density at radius 2 is 1.70 bits per heavy atom. The molecule has 1 aliphatic rings. The largest absolute Gasteiger partial charge is 0.491 e. The molecule has 1 amide bonds. The minimum Gasteiger partial charge on any atom is -0.491 e. The third-order valence-corrected chi connectivity index (χ3v) is 3.67. The summed E-state index contributed by atoms with van der Waals surface area (Å²) < 4.78 is 5.77. The molecule has 0 saturated carbocycles. The topological polar surface area (TPSA) is 38.3 Å². The van der Waals surface area contributed by atoms with E-state index in [2.05, 4.69) is 17.4 Å². The summed E-state index contributed by atoms with van der Waals surface area (Å²) in [6, 6.07) is 20.1. The fourth-order valence-electron chi connectivity index (χ4n) is 2.55. The molecule has 1 unspecified atom stereocenters. The van der Waals surface area contributed by atoms with Crippen LogP contribution in [0.2, 0.25) is 0 Å². The van der Waals surface area contributed by atoms with E-state index in [0.29, 0.717) is 12.4 Å². The lowest BCUT2D eigenvalue weighted by Crippen LogP contribution is -2.31. The lowest BCUT2D eigenvalue weighted by molar-refractivity contribution is -0.116.